The van der Waals surface area contributed by atoms with Gasteiger partial charge in [0.1, 0.15) is 11.3 Å². The van der Waals surface area contributed by atoms with E-state index in [1.165, 1.54) is 5.56 Å². The monoisotopic (exact) mass is 301 g/mol. The lowest BCUT2D eigenvalue weighted by Crippen LogP contribution is -2.32. The van der Waals surface area contributed by atoms with Crippen molar-refractivity contribution in [2.45, 2.75) is 38.3 Å². The first kappa shape index (κ1) is 15.1. The van der Waals surface area contributed by atoms with Gasteiger partial charge < -0.3 is 5.11 Å². The Labute approximate surface area is 130 Å². The second kappa shape index (κ2) is 6.14. The van der Waals surface area contributed by atoms with E-state index >= 15 is 0 Å². The third-order valence-corrected chi connectivity index (χ3v) is 4.28. The first-order valence-corrected chi connectivity index (χ1v) is 7.83. The van der Waals surface area contributed by atoms with Crippen molar-refractivity contribution in [1.82, 2.24) is 24.9 Å². The Bertz CT molecular complexity index is 612. The molecule has 0 radical (unpaired) electrons. The van der Waals surface area contributed by atoms with E-state index in [1.54, 1.807) is 10.9 Å². The zero-order valence-corrected chi connectivity index (χ0v) is 13.2. The number of aromatic nitrogens is 4. The number of likely N-dealkylation sites (tertiary alicyclic amines) is 1. The van der Waals surface area contributed by atoms with E-state index in [0.717, 1.165) is 19.5 Å². The fraction of sp³-hybridized carbons (Fsp3) is 0.562. The second-order valence-corrected chi connectivity index (χ2v) is 6.35. The molecule has 0 bridgehead atoms. The van der Waals surface area contributed by atoms with Crippen molar-refractivity contribution >= 4 is 0 Å². The molecule has 1 N–H and O–H groups in total. The molecule has 1 saturated heterocycles. The summed E-state index contributed by atoms with van der Waals surface area (Å²) < 4.78 is 1.80. The van der Waals surface area contributed by atoms with Crippen molar-refractivity contribution in [2.75, 3.05) is 19.6 Å². The number of nitrogens with zero attached hydrogens (tertiary/aromatic N) is 5. The first-order chi connectivity index (χ1) is 10.6. The van der Waals surface area contributed by atoms with Crippen LogP contribution in [0.1, 0.15) is 37.6 Å². The van der Waals surface area contributed by atoms with Crippen LogP contribution >= 0.6 is 0 Å². The molecule has 22 heavy (non-hydrogen) atoms. The first-order valence-electron chi connectivity index (χ1n) is 7.83. The van der Waals surface area contributed by atoms with E-state index in [9.17, 15) is 5.11 Å². The maximum atomic E-state index is 10.9. The van der Waals surface area contributed by atoms with Crippen molar-refractivity contribution < 1.29 is 5.11 Å². The average molecular weight is 301 g/mol. The molecule has 1 atom stereocenters. The van der Waals surface area contributed by atoms with Crippen LogP contribution in [0.3, 0.4) is 0 Å². The van der Waals surface area contributed by atoms with Gasteiger partial charge >= 0.3 is 0 Å². The number of hydrogen-bond acceptors (Lipinski definition) is 5. The quantitative estimate of drug-likeness (QED) is 0.904. The molecule has 2 aromatic rings. The number of rotatable bonds is 5. The highest BCUT2D eigenvalue weighted by Crippen LogP contribution is 2.30. The SMILES string of the molecule is CC(C)n1cc(C2(O)CCN(CCc3cccnc3)C2)nn1. The van der Waals surface area contributed by atoms with Gasteiger partial charge in [-0.2, -0.15) is 0 Å². The summed E-state index contributed by atoms with van der Waals surface area (Å²) in [6, 6.07) is 4.30. The van der Waals surface area contributed by atoms with Crippen LogP contribution in [-0.4, -0.2) is 49.6 Å². The summed E-state index contributed by atoms with van der Waals surface area (Å²) in [5.74, 6) is 0. The van der Waals surface area contributed by atoms with Crippen molar-refractivity contribution in [1.29, 1.82) is 0 Å². The molecule has 0 aliphatic carbocycles. The Kier molecular flexibility index (Phi) is 4.22. The number of β-amino-alcohol motifs (C(OH)–C–C–N with tert-alkyl or cyclic N) is 1. The van der Waals surface area contributed by atoms with E-state index in [1.807, 2.05) is 18.5 Å². The van der Waals surface area contributed by atoms with Crippen molar-refractivity contribution in [3.63, 3.8) is 0 Å². The van der Waals surface area contributed by atoms with Crippen molar-refractivity contribution in [2.24, 2.45) is 0 Å². The van der Waals surface area contributed by atoms with Gasteiger partial charge in [0.25, 0.3) is 0 Å². The summed E-state index contributed by atoms with van der Waals surface area (Å²) in [6.07, 6.45) is 7.21. The van der Waals surface area contributed by atoms with Gasteiger partial charge in [0.05, 0.1) is 6.20 Å². The molecule has 1 unspecified atom stereocenters. The Morgan fingerprint density at radius 1 is 1.41 bits per heavy atom. The molecule has 1 aliphatic rings. The van der Waals surface area contributed by atoms with E-state index in [4.69, 9.17) is 0 Å². The third kappa shape index (κ3) is 3.18. The standard InChI is InChI=1S/C16H23N5O/c1-13(2)21-11-15(18-19-21)16(22)6-9-20(12-16)8-5-14-4-3-7-17-10-14/h3-4,7,10-11,13,22H,5-6,8-9,12H2,1-2H3. The van der Waals surface area contributed by atoms with Crippen LogP contribution in [0.25, 0.3) is 0 Å². The van der Waals surface area contributed by atoms with Gasteiger partial charge in [-0.15, -0.1) is 5.10 Å². The summed E-state index contributed by atoms with van der Waals surface area (Å²) in [5, 5.41) is 19.1. The van der Waals surface area contributed by atoms with E-state index in [2.05, 4.69) is 40.1 Å². The molecule has 3 heterocycles. The van der Waals surface area contributed by atoms with Crippen LogP contribution in [-0.2, 0) is 12.0 Å². The molecule has 1 fully saturated rings. The molecule has 0 spiro atoms. The highest BCUT2D eigenvalue weighted by Gasteiger charge is 2.39. The molecule has 0 aromatic carbocycles. The smallest absolute Gasteiger partial charge is 0.124 e. The van der Waals surface area contributed by atoms with Crippen molar-refractivity contribution in [3.8, 4) is 0 Å². The van der Waals surface area contributed by atoms with Crippen molar-refractivity contribution in [3.05, 3.63) is 42.0 Å². The predicted octanol–water partition coefficient (Wildman–Crippen LogP) is 1.39. The number of hydrogen-bond donors (Lipinski definition) is 1. The average Bonchev–Trinajstić information content (AvgIpc) is 3.14. The molecule has 6 heteroatoms. The minimum atomic E-state index is -0.873. The van der Waals surface area contributed by atoms with Crippen LogP contribution in [0.5, 0.6) is 0 Å². The topological polar surface area (TPSA) is 67.1 Å². The Balaban J connectivity index is 1.60. The minimum Gasteiger partial charge on any atom is -0.382 e. The van der Waals surface area contributed by atoms with Gasteiger partial charge in [0, 0.05) is 38.1 Å². The summed E-state index contributed by atoms with van der Waals surface area (Å²) in [5.41, 5.74) is 1.04. The van der Waals surface area contributed by atoms with E-state index < -0.39 is 5.60 Å². The van der Waals surface area contributed by atoms with Gasteiger partial charge in [0.15, 0.2) is 0 Å². The summed E-state index contributed by atoms with van der Waals surface area (Å²) >= 11 is 0. The highest BCUT2D eigenvalue weighted by molar-refractivity contribution is 5.12. The molecule has 6 nitrogen and oxygen atoms in total. The maximum absolute atomic E-state index is 10.9. The Morgan fingerprint density at radius 3 is 2.95 bits per heavy atom. The van der Waals surface area contributed by atoms with Crippen LogP contribution in [0.15, 0.2) is 30.7 Å². The van der Waals surface area contributed by atoms with Crippen LogP contribution in [0.4, 0.5) is 0 Å². The zero-order valence-electron chi connectivity index (χ0n) is 13.2. The molecule has 1 aliphatic heterocycles. The van der Waals surface area contributed by atoms with Gasteiger partial charge in [-0.3, -0.25) is 9.88 Å². The van der Waals surface area contributed by atoms with Gasteiger partial charge in [0.2, 0.25) is 0 Å². The third-order valence-electron chi connectivity index (χ3n) is 4.28. The van der Waals surface area contributed by atoms with E-state index in [0.29, 0.717) is 18.7 Å². The molecule has 2 aromatic heterocycles. The molecular formula is C16H23N5O. The predicted molar refractivity (Wildman–Crippen MR) is 83.3 cm³/mol. The summed E-state index contributed by atoms with van der Waals surface area (Å²) in [6.45, 7) is 6.52. The lowest BCUT2D eigenvalue weighted by atomic mass is 10.00. The van der Waals surface area contributed by atoms with Gasteiger partial charge in [-0.05, 0) is 38.3 Å². The van der Waals surface area contributed by atoms with E-state index in [-0.39, 0.29) is 6.04 Å². The lowest BCUT2D eigenvalue weighted by molar-refractivity contribution is 0.0418. The summed E-state index contributed by atoms with van der Waals surface area (Å²) in [4.78, 5) is 6.42. The largest absolute Gasteiger partial charge is 0.382 e. The van der Waals surface area contributed by atoms with Crippen LogP contribution < -0.4 is 0 Å². The fourth-order valence-electron chi connectivity index (χ4n) is 2.85. The summed E-state index contributed by atoms with van der Waals surface area (Å²) in [7, 11) is 0. The Hall–Kier alpha value is -1.79. The zero-order chi connectivity index (χ0) is 15.6. The number of pyridine rings is 1. The number of aliphatic hydroxyl groups is 1. The molecule has 0 amide bonds. The molecule has 0 saturated carbocycles. The minimum absolute atomic E-state index is 0.257. The highest BCUT2D eigenvalue weighted by atomic mass is 16.3. The van der Waals surface area contributed by atoms with Crippen LogP contribution in [0, 0.1) is 0 Å². The molecule has 118 valence electrons. The van der Waals surface area contributed by atoms with Gasteiger partial charge in [-0.1, -0.05) is 11.3 Å². The second-order valence-electron chi connectivity index (χ2n) is 6.35. The maximum Gasteiger partial charge on any atom is 0.124 e. The fourth-order valence-corrected chi connectivity index (χ4v) is 2.85. The molecular weight excluding hydrogens is 278 g/mol. The van der Waals surface area contributed by atoms with Crippen LogP contribution in [0.2, 0.25) is 0 Å². The van der Waals surface area contributed by atoms with Gasteiger partial charge in [-0.25, -0.2) is 4.68 Å². The lowest BCUT2D eigenvalue weighted by Gasteiger charge is -2.21. The Morgan fingerprint density at radius 2 is 2.27 bits per heavy atom. The molecule has 3 rings (SSSR count). The normalized spacial score (nSPS) is 22.5.